The molecule has 2 N–H and O–H groups in total. The predicted octanol–water partition coefficient (Wildman–Crippen LogP) is 4.63. The van der Waals surface area contributed by atoms with Crippen molar-refractivity contribution in [2.75, 3.05) is 7.11 Å². The zero-order valence-corrected chi connectivity index (χ0v) is 17.1. The van der Waals surface area contributed by atoms with E-state index in [4.69, 9.17) is 14.7 Å². The average molecular weight is 419 g/mol. The number of imidazole rings is 1. The monoisotopic (exact) mass is 419 g/mol. The zero-order valence-electron chi connectivity index (χ0n) is 17.1. The first-order valence-electron chi connectivity index (χ1n) is 10.1. The molecule has 0 bridgehead atoms. The average Bonchev–Trinajstić information content (AvgIpc) is 3.48. The Morgan fingerprint density at radius 2 is 1.78 bits per heavy atom. The van der Waals surface area contributed by atoms with Crippen molar-refractivity contribution in [1.82, 2.24) is 35.1 Å². The summed E-state index contributed by atoms with van der Waals surface area (Å²) in [7, 11) is 1.66. The maximum absolute atomic E-state index is 5.39. The molecule has 8 nitrogen and oxygen atoms in total. The van der Waals surface area contributed by atoms with Crippen molar-refractivity contribution in [2.45, 2.75) is 0 Å². The lowest BCUT2D eigenvalue weighted by molar-refractivity contribution is 0.415. The predicted molar refractivity (Wildman–Crippen MR) is 122 cm³/mol. The molecule has 4 aromatic heterocycles. The molecular formula is C24H17N7O. The van der Waals surface area contributed by atoms with Crippen LogP contribution < -0.4 is 4.74 Å². The number of para-hydroxylation sites is 1. The first-order chi connectivity index (χ1) is 15.8. The van der Waals surface area contributed by atoms with E-state index in [9.17, 15) is 0 Å². The summed E-state index contributed by atoms with van der Waals surface area (Å²) in [6, 6.07) is 17.8. The van der Waals surface area contributed by atoms with Crippen molar-refractivity contribution < 1.29 is 4.74 Å². The van der Waals surface area contributed by atoms with Crippen molar-refractivity contribution in [3.63, 3.8) is 0 Å². The summed E-state index contributed by atoms with van der Waals surface area (Å²) in [6.45, 7) is 0. The maximum Gasteiger partial charge on any atom is 0.161 e. The number of ether oxygens (including phenoxy) is 1. The van der Waals surface area contributed by atoms with Gasteiger partial charge in [0.2, 0.25) is 0 Å². The molecule has 0 fully saturated rings. The number of hydrogen-bond acceptors (Lipinski definition) is 6. The molecule has 0 amide bonds. The number of nitrogens with zero attached hydrogens (tertiary/aromatic N) is 5. The number of rotatable bonds is 4. The number of aromatic amines is 2. The van der Waals surface area contributed by atoms with Crippen LogP contribution in [0.15, 0.2) is 73.2 Å². The molecule has 0 radical (unpaired) electrons. The van der Waals surface area contributed by atoms with Crippen molar-refractivity contribution in [1.29, 1.82) is 0 Å². The lowest BCUT2D eigenvalue weighted by atomic mass is 10.0. The summed E-state index contributed by atoms with van der Waals surface area (Å²) < 4.78 is 5.39. The number of pyridine rings is 1. The van der Waals surface area contributed by atoms with Crippen LogP contribution >= 0.6 is 0 Å². The third kappa shape index (κ3) is 2.97. The Labute approximate surface area is 182 Å². The van der Waals surface area contributed by atoms with Crippen molar-refractivity contribution in [3.05, 3.63) is 73.2 Å². The van der Waals surface area contributed by atoms with Gasteiger partial charge in [-0.1, -0.05) is 24.3 Å². The molecule has 0 aliphatic heterocycles. The molecule has 6 aromatic rings. The van der Waals surface area contributed by atoms with E-state index in [1.165, 1.54) is 0 Å². The highest BCUT2D eigenvalue weighted by Crippen LogP contribution is 2.32. The SMILES string of the molecule is COc1cccc(-c2cccc3[nH]c(-c4n[nH]c5ccc(-c6cnccn6)nc45)nc23)c1. The topological polar surface area (TPSA) is 105 Å². The highest BCUT2D eigenvalue weighted by atomic mass is 16.5. The summed E-state index contributed by atoms with van der Waals surface area (Å²) in [5, 5.41) is 7.53. The van der Waals surface area contributed by atoms with E-state index in [0.717, 1.165) is 44.6 Å². The molecule has 0 aliphatic rings. The van der Waals surface area contributed by atoms with Crippen LogP contribution in [0.5, 0.6) is 5.75 Å². The van der Waals surface area contributed by atoms with Gasteiger partial charge in [0.15, 0.2) is 11.5 Å². The van der Waals surface area contributed by atoms with Gasteiger partial charge in [0.25, 0.3) is 0 Å². The largest absolute Gasteiger partial charge is 0.497 e. The van der Waals surface area contributed by atoms with Gasteiger partial charge in [-0.15, -0.1) is 0 Å². The molecule has 154 valence electrons. The lowest BCUT2D eigenvalue weighted by Gasteiger charge is -2.05. The van der Waals surface area contributed by atoms with Gasteiger partial charge in [-0.3, -0.25) is 15.1 Å². The molecule has 0 saturated carbocycles. The van der Waals surface area contributed by atoms with Gasteiger partial charge in [0, 0.05) is 18.0 Å². The lowest BCUT2D eigenvalue weighted by Crippen LogP contribution is -1.89. The van der Waals surface area contributed by atoms with E-state index >= 15 is 0 Å². The second-order valence-electron chi connectivity index (χ2n) is 7.27. The molecule has 32 heavy (non-hydrogen) atoms. The van der Waals surface area contributed by atoms with Gasteiger partial charge >= 0.3 is 0 Å². The molecule has 0 saturated heterocycles. The summed E-state index contributed by atoms with van der Waals surface area (Å²) in [6.07, 6.45) is 4.98. The van der Waals surface area contributed by atoms with Crippen LogP contribution in [-0.4, -0.2) is 42.2 Å². The Balaban J connectivity index is 1.50. The maximum atomic E-state index is 5.39. The van der Waals surface area contributed by atoms with Gasteiger partial charge in [0.1, 0.15) is 17.0 Å². The van der Waals surface area contributed by atoms with Crippen LogP contribution in [0.3, 0.4) is 0 Å². The second kappa shape index (κ2) is 7.28. The molecule has 0 aliphatic carbocycles. The Kier molecular flexibility index (Phi) is 4.14. The van der Waals surface area contributed by atoms with Crippen LogP contribution in [0.25, 0.3) is 56.1 Å². The number of H-pyrrole nitrogens is 2. The smallest absolute Gasteiger partial charge is 0.161 e. The van der Waals surface area contributed by atoms with E-state index in [0.29, 0.717) is 17.2 Å². The van der Waals surface area contributed by atoms with Crippen LogP contribution in [-0.2, 0) is 0 Å². The van der Waals surface area contributed by atoms with E-state index in [1.807, 2.05) is 48.5 Å². The Morgan fingerprint density at radius 3 is 2.66 bits per heavy atom. The molecule has 4 heterocycles. The molecular weight excluding hydrogens is 402 g/mol. The van der Waals surface area contributed by atoms with Crippen molar-refractivity contribution in [2.24, 2.45) is 0 Å². The van der Waals surface area contributed by atoms with E-state index in [1.54, 1.807) is 25.7 Å². The fraction of sp³-hybridized carbons (Fsp3) is 0.0417. The quantitative estimate of drug-likeness (QED) is 0.431. The van der Waals surface area contributed by atoms with Gasteiger partial charge < -0.3 is 9.72 Å². The van der Waals surface area contributed by atoms with Crippen LogP contribution in [0, 0.1) is 0 Å². The van der Waals surface area contributed by atoms with Crippen LogP contribution in [0.2, 0.25) is 0 Å². The fourth-order valence-corrected chi connectivity index (χ4v) is 3.81. The molecule has 8 heteroatoms. The van der Waals surface area contributed by atoms with Gasteiger partial charge in [-0.2, -0.15) is 5.10 Å². The number of methoxy groups -OCH3 is 1. The van der Waals surface area contributed by atoms with E-state index in [2.05, 4.69) is 31.2 Å². The number of nitrogens with one attached hydrogen (secondary N) is 2. The first kappa shape index (κ1) is 18.2. The summed E-state index contributed by atoms with van der Waals surface area (Å²) in [5.41, 5.74) is 7.43. The van der Waals surface area contributed by atoms with Crippen LogP contribution in [0.4, 0.5) is 0 Å². The van der Waals surface area contributed by atoms with Gasteiger partial charge in [-0.05, 0) is 35.9 Å². The standard InChI is InChI=1S/C24H17N7O/c1-32-15-5-2-4-14(12-15)16-6-3-7-18-21(16)29-24(28-18)23-22-19(30-31-23)9-8-17(27-22)20-13-25-10-11-26-20/h2-13H,1H3,(H,28,29)(H,30,31). The molecule has 0 spiro atoms. The number of hydrogen-bond donors (Lipinski definition) is 2. The highest BCUT2D eigenvalue weighted by molar-refractivity contribution is 5.96. The summed E-state index contributed by atoms with van der Waals surface area (Å²) in [5.74, 6) is 1.44. The second-order valence-corrected chi connectivity index (χ2v) is 7.27. The Morgan fingerprint density at radius 1 is 0.844 bits per heavy atom. The molecule has 0 atom stereocenters. The number of aromatic nitrogens is 7. The Bertz CT molecular complexity index is 1570. The highest BCUT2D eigenvalue weighted by Gasteiger charge is 2.17. The first-order valence-corrected chi connectivity index (χ1v) is 10.1. The summed E-state index contributed by atoms with van der Waals surface area (Å²) >= 11 is 0. The Hall–Kier alpha value is -4.59. The van der Waals surface area contributed by atoms with Crippen molar-refractivity contribution in [3.8, 4) is 39.8 Å². The van der Waals surface area contributed by atoms with E-state index in [-0.39, 0.29) is 0 Å². The van der Waals surface area contributed by atoms with Gasteiger partial charge in [-0.25, -0.2) is 9.97 Å². The minimum absolute atomic E-state index is 0.644. The normalized spacial score (nSPS) is 11.3. The van der Waals surface area contributed by atoms with Gasteiger partial charge in [0.05, 0.1) is 35.6 Å². The third-order valence-electron chi connectivity index (χ3n) is 5.35. The van der Waals surface area contributed by atoms with Crippen molar-refractivity contribution >= 4 is 22.1 Å². The fourth-order valence-electron chi connectivity index (χ4n) is 3.81. The molecule has 0 unspecified atom stereocenters. The minimum Gasteiger partial charge on any atom is -0.497 e. The van der Waals surface area contributed by atoms with Crippen LogP contribution in [0.1, 0.15) is 0 Å². The number of fused-ring (bicyclic) bond motifs is 2. The molecule has 6 rings (SSSR count). The zero-order chi connectivity index (χ0) is 21.5. The number of benzene rings is 2. The van der Waals surface area contributed by atoms with E-state index < -0.39 is 0 Å². The summed E-state index contributed by atoms with van der Waals surface area (Å²) in [4.78, 5) is 21.6. The molecule has 2 aromatic carbocycles. The third-order valence-corrected chi connectivity index (χ3v) is 5.35. The minimum atomic E-state index is 0.644.